The van der Waals surface area contributed by atoms with Crippen LogP contribution in [0.15, 0.2) is 34.7 Å². The summed E-state index contributed by atoms with van der Waals surface area (Å²) in [6, 6.07) is 6.63. The molecular formula is C12H9F3N2O. The van der Waals surface area contributed by atoms with Gasteiger partial charge in [-0.25, -0.2) is 4.39 Å². The molecule has 0 aromatic carbocycles. The predicted octanol–water partition coefficient (Wildman–Crippen LogP) is 3.71. The Balaban J connectivity index is 2.80. The second-order valence-corrected chi connectivity index (χ2v) is 3.73. The Morgan fingerprint density at radius 1 is 1.28 bits per heavy atom. The predicted molar refractivity (Wildman–Crippen MR) is 55.7 cm³/mol. The van der Waals surface area contributed by atoms with Crippen LogP contribution in [-0.2, 0) is 6.42 Å². The number of furan rings is 1. The molecular weight excluding hydrogens is 245 g/mol. The summed E-state index contributed by atoms with van der Waals surface area (Å²) in [6.45, 7) is 0. The van der Waals surface area contributed by atoms with Crippen LogP contribution in [0, 0.1) is 28.1 Å². The van der Waals surface area contributed by atoms with Crippen LogP contribution < -0.4 is 0 Å². The molecule has 0 unspecified atom stereocenters. The molecule has 0 aliphatic rings. The molecule has 1 rings (SSSR count). The van der Waals surface area contributed by atoms with Gasteiger partial charge in [0.05, 0.1) is 18.4 Å². The minimum absolute atomic E-state index is 0.0613. The first-order valence-electron chi connectivity index (χ1n) is 5.07. The number of halogens is 3. The van der Waals surface area contributed by atoms with Crippen LogP contribution in [0.25, 0.3) is 0 Å². The van der Waals surface area contributed by atoms with Gasteiger partial charge in [-0.3, -0.25) is 0 Å². The van der Waals surface area contributed by atoms with Crippen LogP contribution >= 0.6 is 0 Å². The number of hydrogen-bond acceptors (Lipinski definition) is 3. The molecule has 0 aliphatic heterocycles. The highest BCUT2D eigenvalue weighted by Crippen LogP contribution is 2.30. The lowest BCUT2D eigenvalue weighted by Gasteiger charge is -2.16. The number of nitriles is 2. The van der Waals surface area contributed by atoms with E-state index in [4.69, 9.17) is 14.9 Å². The third-order valence-corrected chi connectivity index (χ3v) is 2.46. The van der Waals surface area contributed by atoms with Gasteiger partial charge in [0.25, 0.3) is 0 Å². The topological polar surface area (TPSA) is 60.7 Å². The maximum atomic E-state index is 12.7. The molecule has 3 nitrogen and oxygen atoms in total. The molecule has 0 spiro atoms. The van der Waals surface area contributed by atoms with Crippen molar-refractivity contribution in [2.45, 2.75) is 19.3 Å². The van der Waals surface area contributed by atoms with E-state index < -0.39 is 23.7 Å². The summed E-state index contributed by atoms with van der Waals surface area (Å²) in [5.74, 6) is -1.22. The number of rotatable bonds is 5. The third kappa shape index (κ3) is 3.39. The molecule has 0 fully saturated rings. The van der Waals surface area contributed by atoms with Crippen molar-refractivity contribution < 1.29 is 17.6 Å². The lowest BCUT2D eigenvalue weighted by molar-refractivity contribution is 0.349. The smallest absolute Gasteiger partial charge is 0.301 e. The molecule has 6 heteroatoms. The van der Waals surface area contributed by atoms with Crippen molar-refractivity contribution in [1.82, 2.24) is 0 Å². The van der Waals surface area contributed by atoms with Crippen molar-refractivity contribution in [3.05, 3.63) is 36.1 Å². The van der Waals surface area contributed by atoms with Crippen molar-refractivity contribution in [3.63, 3.8) is 0 Å². The van der Waals surface area contributed by atoms with E-state index in [0.717, 1.165) is 0 Å². The van der Waals surface area contributed by atoms with E-state index in [0.29, 0.717) is 5.76 Å². The highest BCUT2D eigenvalue weighted by atomic mass is 19.3. The molecule has 0 N–H and O–H groups in total. The van der Waals surface area contributed by atoms with Gasteiger partial charge in [-0.15, -0.1) is 0 Å². The quantitative estimate of drug-likeness (QED) is 0.804. The van der Waals surface area contributed by atoms with E-state index in [1.165, 1.54) is 6.26 Å². The van der Waals surface area contributed by atoms with Crippen molar-refractivity contribution in [2.24, 2.45) is 5.41 Å². The van der Waals surface area contributed by atoms with Crippen LogP contribution in [0.1, 0.15) is 18.6 Å². The molecule has 0 saturated carbocycles. The van der Waals surface area contributed by atoms with Crippen LogP contribution in [0.5, 0.6) is 0 Å². The van der Waals surface area contributed by atoms with Crippen molar-refractivity contribution in [2.75, 3.05) is 0 Å². The number of hydrogen-bond donors (Lipinski definition) is 0. The number of allylic oxidation sites excluding steroid dienone is 1. The van der Waals surface area contributed by atoms with Crippen LogP contribution in [0.2, 0.25) is 0 Å². The molecule has 18 heavy (non-hydrogen) atoms. The summed E-state index contributed by atoms with van der Waals surface area (Å²) in [4.78, 5) is 0. The highest BCUT2D eigenvalue weighted by molar-refractivity contribution is 5.19. The molecule has 1 aromatic heterocycles. The minimum atomic E-state index is -2.42. The zero-order valence-corrected chi connectivity index (χ0v) is 9.29. The van der Waals surface area contributed by atoms with E-state index >= 15 is 0 Å². The average Bonchev–Trinajstić information content (AvgIpc) is 2.86. The van der Waals surface area contributed by atoms with Gasteiger partial charge in [0.15, 0.2) is 11.2 Å². The SMILES string of the molecule is N#CC(C#N)(CCC(F)=C(F)F)Cc1ccco1. The Morgan fingerprint density at radius 2 is 1.94 bits per heavy atom. The van der Waals surface area contributed by atoms with Gasteiger partial charge >= 0.3 is 6.08 Å². The van der Waals surface area contributed by atoms with Crippen molar-refractivity contribution in [3.8, 4) is 12.1 Å². The zero-order valence-electron chi connectivity index (χ0n) is 9.29. The summed E-state index contributed by atoms with van der Waals surface area (Å²) < 4.78 is 41.5. The fourth-order valence-electron chi connectivity index (χ4n) is 1.43. The van der Waals surface area contributed by atoms with Gasteiger partial charge in [-0.2, -0.15) is 19.3 Å². The summed E-state index contributed by atoms with van der Waals surface area (Å²) in [6.07, 6.45) is -2.07. The van der Waals surface area contributed by atoms with Crippen molar-refractivity contribution in [1.29, 1.82) is 10.5 Å². The fourth-order valence-corrected chi connectivity index (χ4v) is 1.43. The van der Waals surface area contributed by atoms with Gasteiger partial charge < -0.3 is 4.42 Å². The average molecular weight is 254 g/mol. The fraction of sp³-hybridized carbons (Fsp3) is 0.333. The Morgan fingerprint density at radius 3 is 2.39 bits per heavy atom. The van der Waals surface area contributed by atoms with E-state index in [2.05, 4.69) is 0 Å². The molecule has 94 valence electrons. The first kappa shape index (κ1) is 13.9. The second kappa shape index (κ2) is 5.92. The molecule has 1 aromatic rings. The van der Waals surface area contributed by atoms with E-state index in [-0.39, 0.29) is 12.8 Å². The van der Waals surface area contributed by atoms with Crippen molar-refractivity contribution >= 4 is 0 Å². The molecule has 0 atom stereocenters. The third-order valence-electron chi connectivity index (χ3n) is 2.46. The number of nitrogens with zero attached hydrogens (tertiary/aromatic N) is 2. The molecule has 0 saturated heterocycles. The Kier molecular flexibility index (Phi) is 4.56. The lowest BCUT2D eigenvalue weighted by Crippen LogP contribution is -2.19. The van der Waals surface area contributed by atoms with Gasteiger partial charge in [0.1, 0.15) is 5.76 Å². The molecule has 0 radical (unpaired) electrons. The Hall–Kier alpha value is -2.21. The monoisotopic (exact) mass is 254 g/mol. The highest BCUT2D eigenvalue weighted by Gasteiger charge is 2.32. The molecule has 0 amide bonds. The van der Waals surface area contributed by atoms with Gasteiger partial charge in [-0.05, 0) is 18.6 Å². The Labute approximate surface area is 102 Å². The molecule has 0 aliphatic carbocycles. The molecule has 1 heterocycles. The second-order valence-electron chi connectivity index (χ2n) is 3.73. The summed E-state index contributed by atoms with van der Waals surface area (Å²) in [5.41, 5.74) is -1.56. The lowest BCUT2D eigenvalue weighted by atomic mass is 9.82. The maximum Gasteiger partial charge on any atom is 0.301 e. The Bertz CT molecular complexity index is 490. The molecule has 0 bridgehead atoms. The van der Waals surface area contributed by atoms with E-state index in [1.807, 2.05) is 0 Å². The van der Waals surface area contributed by atoms with Gasteiger partial charge in [0, 0.05) is 12.8 Å². The first-order chi connectivity index (χ1) is 8.53. The van der Waals surface area contributed by atoms with E-state index in [9.17, 15) is 13.2 Å². The van der Waals surface area contributed by atoms with Gasteiger partial charge in [-0.1, -0.05) is 0 Å². The van der Waals surface area contributed by atoms with Gasteiger partial charge in [0.2, 0.25) is 0 Å². The van der Waals surface area contributed by atoms with Crippen LogP contribution in [-0.4, -0.2) is 0 Å². The van der Waals surface area contributed by atoms with Crippen LogP contribution in [0.4, 0.5) is 13.2 Å². The standard InChI is InChI=1S/C12H9F3N2O/c13-10(11(14)15)3-4-12(7-16,8-17)6-9-2-1-5-18-9/h1-2,5H,3-4,6H2. The largest absolute Gasteiger partial charge is 0.469 e. The first-order valence-corrected chi connectivity index (χ1v) is 5.07. The summed E-state index contributed by atoms with van der Waals surface area (Å²) in [7, 11) is 0. The summed E-state index contributed by atoms with van der Waals surface area (Å²) >= 11 is 0. The van der Waals surface area contributed by atoms with Crippen LogP contribution in [0.3, 0.4) is 0 Å². The summed E-state index contributed by atoms with van der Waals surface area (Å²) in [5, 5.41) is 18.0. The van der Waals surface area contributed by atoms with E-state index in [1.54, 1.807) is 24.3 Å². The normalized spacial score (nSPS) is 10.5. The zero-order chi connectivity index (χ0) is 13.6. The minimum Gasteiger partial charge on any atom is -0.469 e. The maximum absolute atomic E-state index is 12.7.